The predicted molar refractivity (Wildman–Crippen MR) is 151 cm³/mol. The van der Waals surface area contributed by atoms with Crippen molar-refractivity contribution in [3.8, 4) is 29.1 Å². The summed E-state index contributed by atoms with van der Waals surface area (Å²) in [6.45, 7) is 5.91. The SMILES string of the molecule is CCCCCCOc1ccc(OCCOc2ccc(/C=C(/C#N)c3ccc([N+](=O)[O-])cc3)cc2OCC)cc1. The van der Waals surface area contributed by atoms with Gasteiger partial charge in [-0.1, -0.05) is 32.3 Å². The quantitative estimate of drug-likeness (QED) is 0.0622. The predicted octanol–water partition coefficient (Wildman–Crippen LogP) is 7.47. The lowest BCUT2D eigenvalue weighted by Gasteiger charge is -2.13. The molecule has 0 fully saturated rings. The maximum Gasteiger partial charge on any atom is 0.269 e. The zero-order valence-electron chi connectivity index (χ0n) is 22.4. The van der Waals surface area contributed by atoms with Gasteiger partial charge < -0.3 is 18.9 Å². The maximum absolute atomic E-state index is 10.9. The van der Waals surface area contributed by atoms with Crippen LogP contribution in [0, 0.1) is 21.4 Å². The number of rotatable bonds is 16. The molecule has 3 rings (SSSR count). The van der Waals surface area contributed by atoms with Crippen LogP contribution >= 0.6 is 0 Å². The molecule has 0 aliphatic rings. The summed E-state index contributed by atoms with van der Waals surface area (Å²) in [5.74, 6) is 2.68. The van der Waals surface area contributed by atoms with Crippen LogP contribution in [0.1, 0.15) is 50.7 Å². The van der Waals surface area contributed by atoms with E-state index in [0.717, 1.165) is 30.1 Å². The van der Waals surface area contributed by atoms with Crippen LogP contribution in [0.2, 0.25) is 0 Å². The van der Waals surface area contributed by atoms with Gasteiger partial charge in [0.15, 0.2) is 11.5 Å². The van der Waals surface area contributed by atoms with Gasteiger partial charge in [-0.3, -0.25) is 10.1 Å². The molecule has 8 nitrogen and oxygen atoms in total. The number of nitro benzene ring substituents is 1. The van der Waals surface area contributed by atoms with Gasteiger partial charge >= 0.3 is 0 Å². The van der Waals surface area contributed by atoms with E-state index in [1.807, 2.05) is 37.3 Å². The number of allylic oxidation sites excluding steroid dienone is 1. The summed E-state index contributed by atoms with van der Waals surface area (Å²) in [6, 6.07) is 21.0. The van der Waals surface area contributed by atoms with E-state index in [4.69, 9.17) is 18.9 Å². The molecule has 0 unspecified atom stereocenters. The second kappa shape index (κ2) is 15.7. The maximum atomic E-state index is 10.9. The smallest absolute Gasteiger partial charge is 0.269 e. The monoisotopic (exact) mass is 530 g/mol. The molecular formula is C31H34N2O6. The van der Waals surface area contributed by atoms with Crippen molar-refractivity contribution >= 4 is 17.3 Å². The van der Waals surface area contributed by atoms with Gasteiger partial charge in [-0.25, -0.2) is 0 Å². The fourth-order valence-electron chi connectivity index (χ4n) is 3.77. The molecule has 3 aromatic rings. The minimum atomic E-state index is -0.473. The number of ether oxygens (including phenoxy) is 4. The van der Waals surface area contributed by atoms with Crippen molar-refractivity contribution in [2.45, 2.75) is 39.5 Å². The molecular weight excluding hydrogens is 496 g/mol. The lowest BCUT2D eigenvalue weighted by molar-refractivity contribution is -0.384. The van der Waals surface area contributed by atoms with Crippen LogP contribution < -0.4 is 18.9 Å². The average Bonchev–Trinajstić information content (AvgIpc) is 2.95. The lowest BCUT2D eigenvalue weighted by atomic mass is 10.0. The molecule has 39 heavy (non-hydrogen) atoms. The van der Waals surface area contributed by atoms with Crippen LogP contribution in [-0.4, -0.2) is 31.4 Å². The molecule has 0 bridgehead atoms. The first kappa shape index (κ1) is 29.1. The van der Waals surface area contributed by atoms with Crippen LogP contribution in [0.4, 0.5) is 5.69 Å². The molecule has 0 heterocycles. The first-order valence-electron chi connectivity index (χ1n) is 13.2. The zero-order valence-corrected chi connectivity index (χ0v) is 22.4. The molecule has 204 valence electrons. The van der Waals surface area contributed by atoms with Gasteiger partial charge in [-0.2, -0.15) is 5.26 Å². The van der Waals surface area contributed by atoms with E-state index in [9.17, 15) is 15.4 Å². The molecule has 0 radical (unpaired) electrons. The van der Waals surface area contributed by atoms with E-state index in [-0.39, 0.29) is 5.69 Å². The molecule has 3 aromatic carbocycles. The van der Waals surface area contributed by atoms with Crippen LogP contribution in [0.3, 0.4) is 0 Å². The number of hydrogen-bond donors (Lipinski definition) is 0. The fraction of sp³-hybridized carbons (Fsp3) is 0.323. The topological polar surface area (TPSA) is 104 Å². The highest BCUT2D eigenvalue weighted by Gasteiger charge is 2.10. The number of nitriles is 1. The number of nitro groups is 1. The van der Waals surface area contributed by atoms with Crippen molar-refractivity contribution < 1.29 is 23.9 Å². The number of unbranched alkanes of at least 4 members (excludes halogenated alkanes) is 3. The minimum Gasteiger partial charge on any atom is -0.494 e. The minimum absolute atomic E-state index is 0.0284. The fourth-order valence-corrected chi connectivity index (χ4v) is 3.77. The summed E-state index contributed by atoms with van der Waals surface area (Å²) in [4.78, 5) is 10.4. The van der Waals surface area contributed by atoms with E-state index >= 15 is 0 Å². The summed E-state index contributed by atoms with van der Waals surface area (Å²) in [7, 11) is 0. The summed E-state index contributed by atoms with van der Waals surface area (Å²) >= 11 is 0. The van der Waals surface area contributed by atoms with E-state index in [2.05, 4.69) is 13.0 Å². The van der Waals surface area contributed by atoms with Gasteiger partial charge in [0, 0.05) is 12.1 Å². The van der Waals surface area contributed by atoms with E-state index in [1.165, 1.54) is 31.4 Å². The molecule has 0 amide bonds. The Hall–Kier alpha value is -4.51. The van der Waals surface area contributed by atoms with Crippen LogP contribution in [0.15, 0.2) is 66.7 Å². The molecule has 0 aliphatic carbocycles. The second-order valence-corrected chi connectivity index (χ2v) is 8.69. The van der Waals surface area contributed by atoms with E-state index < -0.39 is 4.92 Å². The van der Waals surface area contributed by atoms with Gasteiger partial charge in [-0.05, 0) is 79.1 Å². The molecule has 0 atom stereocenters. The molecule has 0 aromatic heterocycles. The van der Waals surface area contributed by atoms with Gasteiger partial charge in [-0.15, -0.1) is 0 Å². The zero-order chi connectivity index (χ0) is 27.9. The molecule has 0 spiro atoms. The first-order chi connectivity index (χ1) is 19.0. The number of hydrogen-bond acceptors (Lipinski definition) is 7. The van der Waals surface area contributed by atoms with Crippen molar-refractivity contribution in [1.82, 2.24) is 0 Å². The molecule has 0 aliphatic heterocycles. The molecule has 0 saturated carbocycles. The van der Waals surface area contributed by atoms with Crippen molar-refractivity contribution in [2.75, 3.05) is 26.4 Å². The third-order valence-electron chi connectivity index (χ3n) is 5.79. The number of nitrogens with zero attached hydrogens (tertiary/aromatic N) is 2. The third kappa shape index (κ3) is 9.38. The Kier molecular flexibility index (Phi) is 11.7. The number of non-ortho nitro benzene ring substituents is 1. The molecule has 8 heteroatoms. The first-order valence-corrected chi connectivity index (χ1v) is 13.2. The van der Waals surface area contributed by atoms with Crippen molar-refractivity contribution in [3.05, 3.63) is 88.0 Å². The molecule has 0 N–H and O–H groups in total. The van der Waals surface area contributed by atoms with Gasteiger partial charge in [0.25, 0.3) is 5.69 Å². The van der Waals surface area contributed by atoms with Gasteiger partial charge in [0.2, 0.25) is 0 Å². The van der Waals surface area contributed by atoms with Crippen LogP contribution in [0.5, 0.6) is 23.0 Å². The van der Waals surface area contributed by atoms with Crippen LogP contribution in [-0.2, 0) is 0 Å². The highest BCUT2D eigenvalue weighted by Crippen LogP contribution is 2.30. The van der Waals surface area contributed by atoms with Crippen LogP contribution in [0.25, 0.3) is 11.6 Å². The highest BCUT2D eigenvalue weighted by molar-refractivity contribution is 5.90. The third-order valence-corrected chi connectivity index (χ3v) is 5.79. The average molecular weight is 531 g/mol. The van der Waals surface area contributed by atoms with Crippen molar-refractivity contribution in [3.63, 3.8) is 0 Å². The Bertz CT molecular complexity index is 1260. The van der Waals surface area contributed by atoms with Crippen molar-refractivity contribution in [2.24, 2.45) is 0 Å². The summed E-state index contributed by atoms with van der Waals surface area (Å²) in [5, 5.41) is 20.5. The Morgan fingerprint density at radius 3 is 2.10 bits per heavy atom. The highest BCUT2D eigenvalue weighted by atomic mass is 16.6. The summed E-state index contributed by atoms with van der Waals surface area (Å²) < 4.78 is 23.2. The summed E-state index contributed by atoms with van der Waals surface area (Å²) in [5.41, 5.74) is 1.68. The largest absolute Gasteiger partial charge is 0.494 e. The lowest BCUT2D eigenvalue weighted by Crippen LogP contribution is -2.10. The Morgan fingerprint density at radius 1 is 0.821 bits per heavy atom. The van der Waals surface area contributed by atoms with Crippen molar-refractivity contribution in [1.29, 1.82) is 5.26 Å². The normalized spacial score (nSPS) is 10.9. The van der Waals surface area contributed by atoms with Gasteiger partial charge in [0.1, 0.15) is 24.7 Å². The number of benzene rings is 3. The van der Waals surface area contributed by atoms with Gasteiger partial charge in [0.05, 0.1) is 29.8 Å². The Labute approximate surface area is 229 Å². The Morgan fingerprint density at radius 2 is 1.49 bits per heavy atom. The second-order valence-electron chi connectivity index (χ2n) is 8.69. The van der Waals surface area contributed by atoms with E-state index in [1.54, 1.807) is 30.3 Å². The standard InChI is InChI=1S/C31H34N2O6/c1-3-5-6-7-18-37-28-13-15-29(16-14-28)38-19-20-39-30-17-8-24(22-31(30)36-4-2)21-26(23-32)25-9-11-27(12-10-25)33(34)35/h8-17,21-22H,3-7,18-20H2,1-2H3/b26-21-. The summed E-state index contributed by atoms with van der Waals surface area (Å²) in [6.07, 6.45) is 6.39. The van der Waals surface area contributed by atoms with E-state index in [0.29, 0.717) is 42.5 Å². The Balaban J connectivity index is 1.55. The molecule has 0 saturated heterocycles.